The maximum atomic E-state index is 13.4. The summed E-state index contributed by atoms with van der Waals surface area (Å²) in [6.07, 6.45) is 1.40. The summed E-state index contributed by atoms with van der Waals surface area (Å²) in [5.74, 6) is -0.499. The van der Waals surface area contributed by atoms with E-state index in [2.05, 4.69) is 15.6 Å². The standard InChI is InChI=1S/C14H11FN4O/c1-17-13-6-5-9(8-18-13)14(20)19-12-4-2-3-11(15)10(12)7-16/h2-6,8H,1H3,(H,17,18)(H,19,20). The molecule has 0 bridgehead atoms. The maximum Gasteiger partial charge on any atom is 0.257 e. The molecular weight excluding hydrogens is 259 g/mol. The summed E-state index contributed by atoms with van der Waals surface area (Å²) in [6.45, 7) is 0. The number of rotatable bonds is 3. The van der Waals surface area contributed by atoms with E-state index in [-0.39, 0.29) is 11.3 Å². The van der Waals surface area contributed by atoms with Crippen LogP contribution in [0.5, 0.6) is 0 Å². The number of nitrogens with one attached hydrogen (secondary N) is 2. The van der Waals surface area contributed by atoms with E-state index >= 15 is 0 Å². The lowest BCUT2D eigenvalue weighted by Crippen LogP contribution is -2.13. The normalized spacial score (nSPS) is 9.65. The summed E-state index contributed by atoms with van der Waals surface area (Å²) in [7, 11) is 1.72. The number of amides is 1. The molecule has 2 rings (SSSR count). The molecule has 0 spiro atoms. The molecule has 5 nitrogen and oxygen atoms in total. The van der Waals surface area contributed by atoms with Crippen molar-refractivity contribution >= 4 is 17.4 Å². The Morgan fingerprint density at radius 1 is 1.35 bits per heavy atom. The first kappa shape index (κ1) is 13.5. The van der Waals surface area contributed by atoms with Crippen LogP contribution in [0.4, 0.5) is 15.9 Å². The highest BCUT2D eigenvalue weighted by atomic mass is 19.1. The molecule has 2 aromatic rings. The molecular formula is C14H11FN4O. The van der Waals surface area contributed by atoms with E-state index in [1.54, 1.807) is 25.2 Å². The summed E-state index contributed by atoms with van der Waals surface area (Å²) in [6, 6.07) is 9.01. The van der Waals surface area contributed by atoms with E-state index in [9.17, 15) is 9.18 Å². The number of benzene rings is 1. The number of hydrogen-bond donors (Lipinski definition) is 2. The minimum atomic E-state index is -0.672. The monoisotopic (exact) mass is 270 g/mol. The minimum Gasteiger partial charge on any atom is -0.373 e. The quantitative estimate of drug-likeness (QED) is 0.897. The topological polar surface area (TPSA) is 77.8 Å². The van der Waals surface area contributed by atoms with Crippen molar-refractivity contribution in [3.8, 4) is 6.07 Å². The number of pyridine rings is 1. The molecule has 0 saturated heterocycles. The molecule has 0 aliphatic rings. The lowest BCUT2D eigenvalue weighted by molar-refractivity contribution is 0.102. The molecule has 1 aromatic heterocycles. The highest BCUT2D eigenvalue weighted by Crippen LogP contribution is 2.18. The molecule has 0 aliphatic heterocycles. The third-order valence-corrected chi connectivity index (χ3v) is 2.66. The summed E-state index contributed by atoms with van der Waals surface area (Å²) in [4.78, 5) is 16.0. The SMILES string of the molecule is CNc1ccc(C(=O)Nc2cccc(F)c2C#N)cn1. The number of anilines is 2. The van der Waals surface area contributed by atoms with Crippen LogP contribution in [0.2, 0.25) is 0 Å². The molecule has 1 heterocycles. The van der Waals surface area contributed by atoms with Gasteiger partial charge in [0, 0.05) is 13.2 Å². The Morgan fingerprint density at radius 3 is 2.75 bits per heavy atom. The lowest BCUT2D eigenvalue weighted by atomic mass is 10.1. The van der Waals surface area contributed by atoms with Gasteiger partial charge in [0.2, 0.25) is 0 Å². The van der Waals surface area contributed by atoms with Crippen molar-refractivity contribution in [2.45, 2.75) is 0 Å². The predicted molar refractivity (Wildman–Crippen MR) is 72.9 cm³/mol. The van der Waals surface area contributed by atoms with E-state index in [4.69, 9.17) is 5.26 Å². The van der Waals surface area contributed by atoms with E-state index < -0.39 is 11.7 Å². The van der Waals surface area contributed by atoms with Gasteiger partial charge in [-0.25, -0.2) is 9.37 Å². The number of carbonyl (C=O) groups excluding carboxylic acids is 1. The molecule has 0 aliphatic carbocycles. The van der Waals surface area contributed by atoms with Crippen LogP contribution in [0, 0.1) is 17.1 Å². The van der Waals surface area contributed by atoms with Gasteiger partial charge in [-0.05, 0) is 24.3 Å². The van der Waals surface area contributed by atoms with E-state index in [0.717, 1.165) is 6.07 Å². The number of halogens is 1. The highest BCUT2D eigenvalue weighted by Gasteiger charge is 2.12. The number of carbonyl (C=O) groups is 1. The van der Waals surface area contributed by atoms with E-state index in [1.807, 2.05) is 0 Å². The number of nitrogens with zero attached hydrogens (tertiary/aromatic N) is 2. The molecule has 6 heteroatoms. The predicted octanol–water partition coefficient (Wildman–Crippen LogP) is 2.39. The fraction of sp³-hybridized carbons (Fsp3) is 0.0714. The second kappa shape index (κ2) is 5.80. The first-order chi connectivity index (χ1) is 9.65. The fourth-order valence-electron chi connectivity index (χ4n) is 1.61. The Bertz CT molecular complexity index is 677. The average molecular weight is 270 g/mol. The summed E-state index contributed by atoms with van der Waals surface area (Å²) < 4.78 is 13.4. The smallest absolute Gasteiger partial charge is 0.257 e. The van der Waals surface area contributed by atoms with Crippen LogP contribution in [0.15, 0.2) is 36.5 Å². The number of aromatic nitrogens is 1. The van der Waals surface area contributed by atoms with Crippen molar-refractivity contribution in [3.63, 3.8) is 0 Å². The summed E-state index contributed by atoms with van der Waals surface area (Å²) >= 11 is 0. The van der Waals surface area contributed by atoms with Gasteiger partial charge in [-0.3, -0.25) is 4.79 Å². The first-order valence-electron chi connectivity index (χ1n) is 5.79. The van der Waals surface area contributed by atoms with Crippen LogP contribution in [-0.4, -0.2) is 17.9 Å². The Labute approximate surface area is 115 Å². The molecule has 0 saturated carbocycles. The van der Waals surface area contributed by atoms with Crippen molar-refractivity contribution in [1.82, 2.24) is 4.98 Å². The van der Waals surface area contributed by atoms with Crippen LogP contribution in [0.1, 0.15) is 15.9 Å². The molecule has 0 radical (unpaired) electrons. The van der Waals surface area contributed by atoms with Gasteiger partial charge in [-0.15, -0.1) is 0 Å². The van der Waals surface area contributed by atoms with Crippen molar-refractivity contribution in [3.05, 3.63) is 53.5 Å². The number of hydrogen-bond acceptors (Lipinski definition) is 4. The van der Waals surface area contributed by atoms with E-state index in [1.165, 1.54) is 18.3 Å². The fourth-order valence-corrected chi connectivity index (χ4v) is 1.61. The Hall–Kier alpha value is -2.94. The Balaban J connectivity index is 2.23. The summed E-state index contributed by atoms with van der Waals surface area (Å²) in [5.41, 5.74) is 0.257. The molecule has 20 heavy (non-hydrogen) atoms. The average Bonchev–Trinajstić information content (AvgIpc) is 2.47. The zero-order chi connectivity index (χ0) is 14.5. The van der Waals surface area contributed by atoms with Crippen LogP contribution in [-0.2, 0) is 0 Å². The van der Waals surface area contributed by atoms with Gasteiger partial charge < -0.3 is 10.6 Å². The molecule has 0 unspecified atom stereocenters. The third kappa shape index (κ3) is 2.72. The highest BCUT2D eigenvalue weighted by molar-refractivity contribution is 6.04. The van der Waals surface area contributed by atoms with Crippen molar-refractivity contribution in [1.29, 1.82) is 5.26 Å². The molecule has 0 fully saturated rings. The van der Waals surface area contributed by atoms with Gasteiger partial charge in [0.25, 0.3) is 5.91 Å². The third-order valence-electron chi connectivity index (χ3n) is 2.66. The zero-order valence-corrected chi connectivity index (χ0v) is 10.6. The summed E-state index contributed by atoms with van der Waals surface area (Å²) in [5, 5.41) is 14.2. The van der Waals surface area contributed by atoms with Crippen molar-refractivity contribution < 1.29 is 9.18 Å². The first-order valence-corrected chi connectivity index (χ1v) is 5.79. The molecule has 1 aromatic carbocycles. The van der Waals surface area contributed by atoms with Gasteiger partial charge in [0.05, 0.1) is 11.3 Å². The Morgan fingerprint density at radius 2 is 2.15 bits per heavy atom. The second-order valence-electron chi connectivity index (χ2n) is 3.91. The van der Waals surface area contributed by atoms with Gasteiger partial charge in [0.15, 0.2) is 0 Å². The van der Waals surface area contributed by atoms with Crippen LogP contribution in [0.25, 0.3) is 0 Å². The Kier molecular flexibility index (Phi) is 3.91. The zero-order valence-electron chi connectivity index (χ0n) is 10.6. The van der Waals surface area contributed by atoms with Gasteiger partial charge in [-0.2, -0.15) is 5.26 Å². The lowest BCUT2D eigenvalue weighted by Gasteiger charge is -2.07. The van der Waals surface area contributed by atoms with Crippen LogP contribution in [0.3, 0.4) is 0 Å². The maximum absolute atomic E-state index is 13.4. The molecule has 100 valence electrons. The minimum absolute atomic E-state index is 0.134. The largest absolute Gasteiger partial charge is 0.373 e. The van der Waals surface area contributed by atoms with Gasteiger partial charge in [-0.1, -0.05) is 6.07 Å². The van der Waals surface area contributed by atoms with Gasteiger partial charge >= 0.3 is 0 Å². The molecule has 2 N–H and O–H groups in total. The van der Waals surface area contributed by atoms with Gasteiger partial charge in [0.1, 0.15) is 23.3 Å². The number of nitriles is 1. The van der Waals surface area contributed by atoms with Crippen molar-refractivity contribution in [2.75, 3.05) is 17.7 Å². The van der Waals surface area contributed by atoms with Crippen LogP contribution < -0.4 is 10.6 Å². The van der Waals surface area contributed by atoms with Crippen molar-refractivity contribution in [2.24, 2.45) is 0 Å². The van der Waals surface area contributed by atoms with E-state index in [0.29, 0.717) is 11.4 Å². The second-order valence-corrected chi connectivity index (χ2v) is 3.91. The molecule has 0 atom stereocenters. The molecule has 1 amide bonds. The van der Waals surface area contributed by atoms with Crippen LogP contribution >= 0.6 is 0 Å².